The summed E-state index contributed by atoms with van der Waals surface area (Å²) in [5, 5.41) is 0. The van der Waals surface area contributed by atoms with Crippen LogP contribution in [0.4, 0.5) is 0 Å². The summed E-state index contributed by atoms with van der Waals surface area (Å²) in [5.41, 5.74) is 2.72. The van der Waals surface area contributed by atoms with Crippen LogP contribution in [0.5, 0.6) is 0 Å². The van der Waals surface area contributed by atoms with E-state index in [-0.39, 0.29) is 51.0 Å². The monoisotopic (exact) mass is 416 g/mol. The van der Waals surface area contributed by atoms with Crippen LogP contribution in [0.2, 0.25) is 25.7 Å². The van der Waals surface area contributed by atoms with Crippen molar-refractivity contribution in [3.05, 3.63) is 60.3 Å². The third-order valence-corrected chi connectivity index (χ3v) is 4.13. The summed E-state index contributed by atoms with van der Waals surface area (Å²) >= 11 is 0. The van der Waals surface area contributed by atoms with Crippen molar-refractivity contribution in [3.8, 4) is 0 Å². The van der Waals surface area contributed by atoms with Crippen molar-refractivity contribution in [2.24, 2.45) is 0 Å². The molecule has 0 aromatic rings. The van der Waals surface area contributed by atoms with Gasteiger partial charge >= 0.3 is 26.2 Å². The fourth-order valence-corrected chi connectivity index (χ4v) is 3.62. The zero-order valence-corrected chi connectivity index (χ0v) is 18.1. The minimum Gasteiger partial charge on any atom is -1.00 e. The van der Waals surface area contributed by atoms with Crippen LogP contribution in [0.15, 0.2) is 48.1 Å². The van der Waals surface area contributed by atoms with Gasteiger partial charge in [0.15, 0.2) is 0 Å². The Morgan fingerprint density at radius 2 is 1.86 bits per heavy atom. The van der Waals surface area contributed by atoms with Gasteiger partial charge in [-0.25, -0.2) is 23.8 Å². The molecule has 2 aliphatic rings. The molecule has 0 N–H and O–H groups in total. The summed E-state index contributed by atoms with van der Waals surface area (Å²) in [5.74, 6) is 0. The molecule has 0 bridgehead atoms. The molecule has 2 rings (SSSR count). The molecule has 4 heteroatoms. The number of allylic oxidation sites excluding steroid dienone is 9. The normalized spacial score (nSPS) is 14.1. The molecule has 0 aromatic heterocycles. The first-order valence-electron chi connectivity index (χ1n) is 6.62. The first-order chi connectivity index (χ1) is 8.47. The molecule has 0 heterocycles. The second-order valence-corrected chi connectivity index (χ2v) is 11.5. The molecule has 0 nitrogen and oxygen atoms in total. The van der Waals surface area contributed by atoms with Crippen molar-refractivity contribution in [2.45, 2.75) is 44.9 Å². The van der Waals surface area contributed by atoms with Gasteiger partial charge in [-0.3, -0.25) is 12.2 Å². The summed E-state index contributed by atoms with van der Waals surface area (Å²) < 4.78 is 0. The Hall–Kier alpha value is 0.380. The predicted molar refractivity (Wildman–Crippen MR) is 84.0 cm³/mol. The van der Waals surface area contributed by atoms with Gasteiger partial charge in [0, 0.05) is 8.07 Å². The maximum Gasteiger partial charge on any atom is 4.00 e. The fourth-order valence-electron chi connectivity index (χ4n) is 1.99. The van der Waals surface area contributed by atoms with Crippen molar-refractivity contribution in [3.63, 3.8) is 0 Å². The van der Waals surface area contributed by atoms with E-state index >= 15 is 0 Å². The number of hydrogen-bond donors (Lipinski definition) is 0. The molecule has 0 saturated carbocycles. The average Bonchev–Trinajstić information content (AvgIpc) is 2.88. The van der Waals surface area contributed by atoms with Crippen LogP contribution in [0.3, 0.4) is 0 Å². The Bertz CT molecular complexity index is 392. The molecule has 0 atom stereocenters. The van der Waals surface area contributed by atoms with Crippen molar-refractivity contribution in [1.82, 2.24) is 0 Å². The fraction of sp³-hybridized carbons (Fsp3) is 0.412. The molecule has 0 amide bonds. The zero-order valence-electron chi connectivity index (χ0n) is 13.2. The Kier molecular flexibility index (Phi) is 17.5. The predicted octanol–water partition coefficient (Wildman–Crippen LogP) is -0.728. The van der Waals surface area contributed by atoms with Crippen LogP contribution in [0.25, 0.3) is 0 Å². The third-order valence-electron chi connectivity index (χ3n) is 2.57. The molecule has 0 saturated heterocycles. The van der Waals surface area contributed by atoms with Crippen molar-refractivity contribution < 1.29 is 51.0 Å². The largest absolute Gasteiger partial charge is 4.00 e. The average molecular weight is 419 g/mol. The molecule has 21 heavy (non-hydrogen) atoms. The molecule has 0 radical (unpaired) electrons. The second kappa shape index (κ2) is 14.0. The molecular formula is C17H24Cl2SiZr. The first-order valence-corrected chi connectivity index (χ1v) is 10.3. The van der Waals surface area contributed by atoms with E-state index in [9.17, 15) is 0 Å². The van der Waals surface area contributed by atoms with Gasteiger partial charge < -0.3 is 24.8 Å². The Morgan fingerprint density at radius 3 is 2.19 bits per heavy atom. The van der Waals surface area contributed by atoms with E-state index in [0.717, 1.165) is 19.3 Å². The van der Waals surface area contributed by atoms with E-state index in [1.165, 1.54) is 17.2 Å². The maximum absolute atomic E-state index is 4.14. The zero-order chi connectivity index (χ0) is 13.4. The maximum atomic E-state index is 4.14. The summed E-state index contributed by atoms with van der Waals surface area (Å²) in [6.07, 6.45) is 19.7. The molecule has 0 aliphatic heterocycles. The molecule has 114 valence electrons. The number of halogens is 2. The minimum atomic E-state index is -0.957. The topological polar surface area (TPSA) is 0 Å². The molecule has 0 unspecified atom stereocenters. The van der Waals surface area contributed by atoms with Gasteiger partial charge in [0.1, 0.15) is 0 Å². The standard InChI is InChI=1S/C12H19Si.C5H5.2ClH.Zr/c1-11(10-13(2,3)4)9-12-7-5-6-8-12;1-2-4-5-3-1;;;/h5,7H,1,6,9-10H2,2-4H3;1-3H,4H2;2*1H;/q2*-1;;;+4/p-2. The van der Waals surface area contributed by atoms with E-state index in [4.69, 9.17) is 0 Å². The quantitative estimate of drug-likeness (QED) is 0.321. The Labute approximate surface area is 163 Å². The Morgan fingerprint density at radius 1 is 1.19 bits per heavy atom. The summed E-state index contributed by atoms with van der Waals surface area (Å²) in [4.78, 5) is 0. The van der Waals surface area contributed by atoms with Crippen molar-refractivity contribution in [1.29, 1.82) is 0 Å². The van der Waals surface area contributed by atoms with E-state index < -0.39 is 8.07 Å². The van der Waals surface area contributed by atoms with Crippen LogP contribution in [-0.4, -0.2) is 8.07 Å². The van der Waals surface area contributed by atoms with Gasteiger partial charge in [-0.1, -0.05) is 31.8 Å². The van der Waals surface area contributed by atoms with Gasteiger partial charge in [0.05, 0.1) is 0 Å². The van der Waals surface area contributed by atoms with Gasteiger partial charge in [-0.2, -0.15) is 12.2 Å². The van der Waals surface area contributed by atoms with Gasteiger partial charge in [0.25, 0.3) is 0 Å². The van der Waals surface area contributed by atoms with E-state index in [2.05, 4.69) is 56.6 Å². The molecule has 0 spiro atoms. The van der Waals surface area contributed by atoms with Crippen molar-refractivity contribution in [2.75, 3.05) is 0 Å². The number of hydrogen-bond acceptors (Lipinski definition) is 0. The van der Waals surface area contributed by atoms with E-state index in [1.807, 2.05) is 12.2 Å². The SMILES string of the molecule is C=C(CC1=[C-]CC=C1)C[Si](C)(C)C.[C-]1=CC=CC1.[Cl-].[Cl-].[Zr+4]. The molecule has 0 aromatic carbocycles. The van der Waals surface area contributed by atoms with Crippen LogP contribution in [0.1, 0.15) is 19.3 Å². The third kappa shape index (κ3) is 15.1. The summed E-state index contributed by atoms with van der Waals surface area (Å²) in [7, 11) is -0.957. The molecular weight excluding hydrogens is 394 g/mol. The van der Waals surface area contributed by atoms with Crippen LogP contribution >= 0.6 is 0 Å². The Balaban J connectivity index is -0.000000349. The van der Waals surface area contributed by atoms with Gasteiger partial charge in [-0.05, 0) is 12.5 Å². The molecule has 0 fully saturated rings. The summed E-state index contributed by atoms with van der Waals surface area (Å²) in [6.45, 7) is 11.3. The van der Waals surface area contributed by atoms with E-state index in [1.54, 1.807) is 0 Å². The number of rotatable bonds is 4. The van der Waals surface area contributed by atoms with Crippen LogP contribution in [-0.2, 0) is 26.2 Å². The van der Waals surface area contributed by atoms with Crippen LogP contribution < -0.4 is 24.8 Å². The summed E-state index contributed by atoms with van der Waals surface area (Å²) in [6, 6.07) is 1.24. The first kappa shape index (κ1) is 26.3. The van der Waals surface area contributed by atoms with Crippen molar-refractivity contribution >= 4 is 8.07 Å². The van der Waals surface area contributed by atoms with Gasteiger partial charge in [-0.15, -0.1) is 12.8 Å². The molecule has 2 aliphatic carbocycles. The van der Waals surface area contributed by atoms with Crippen LogP contribution in [0, 0.1) is 12.2 Å². The smallest absolute Gasteiger partial charge is 1.00 e. The second-order valence-electron chi connectivity index (χ2n) is 5.98. The minimum absolute atomic E-state index is 0. The van der Waals surface area contributed by atoms with Gasteiger partial charge in [0.2, 0.25) is 0 Å². The van der Waals surface area contributed by atoms with E-state index in [0.29, 0.717) is 0 Å².